The summed E-state index contributed by atoms with van der Waals surface area (Å²) in [5.41, 5.74) is 2.57. The van der Waals surface area contributed by atoms with E-state index in [1.54, 1.807) is 0 Å². The number of carbonyl (C=O) groups is 2. The van der Waals surface area contributed by atoms with E-state index in [0.29, 0.717) is 11.6 Å². The van der Waals surface area contributed by atoms with E-state index in [1.165, 1.54) is 23.1 Å². The van der Waals surface area contributed by atoms with Crippen LogP contribution in [-0.4, -0.2) is 22.0 Å². The fourth-order valence-corrected chi connectivity index (χ4v) is 4.56. The second kappa shape index (κ2) is 10.7. The van der Waals surface area contributed by atoms with Gasteiger partial charge < -0.3 is 10.6 Å². The number of rotatable bonds is 8. The summed E-state index contributed by atoms with van der Waals surface area (Å²) in [6.07, 6.45) is 1.30. The monoisotopic (exact) mass is 503 g/mol. The van der Waals surface area contributed by atoms with Gasteiger partial charge in [0.05, 0.1) is 10.9 Å². The fourth-order valence-electron chi connectivity index (χ4n) is 2.65. The summed E-state index contributed by atoms with van der Waals surface area (Å²) in [5.74, 6) is -0.118. The smallest absolute Gasteiger partial charge is 0.239 e. The highest BCUT2D eigenvalue weighted by Crippen LogP contribution is 2.29. The molecule has 0 aliphatic heterocycles. The molecule has 156 valence electrons. The largest absolute Gasteiger partial charge is 0.326 e. The Morgan fingerprint density at radius 3 is 2.67 bits per heavy atom. The van der Waals surface area contributed by atoms with Crippen LogP contribution in [0.5, 0.6) is 0 Å². The van der Waals surface area contributed by atoms with Gasteiger partial charge in [-0.2, -0.15) is 0 Å². The van der Waals surface area contributed by atoms with E-state index in [-0.39, 0.29) is 17.1 Å². The van der Waals surface area contributed by atoms with Crippen LogP contribution >= 0.6 is 39.0 Å². The van der Waals surface area contributed by atoms with E-state index >= 15 is 0 Å². The zero-order valence-electron chi connectivity index (χ0n) is 16.6. The van der Waals surface area contributed by atoms with Gasteiger partial charge in [0.25, 0.3) is 0 Å². The molecule has 1 unspecified atom stereocenters. The Balaban J connectivity index is 1.59. The predicted molar refractivity (Wildman–Crippen MR) is 129 cm³/mol. The fraction of sp³-hybridized carbons (Fsp3) is 0.227. The number of hydrogen-bond donors (Lipinski definition) is 2. The van der Waals surface area contributed by atoms with Crippen molar-refractivity contribution in [2.75, 3.05) is 10.6 Å². The van der Waals surface area contributed by atoms with Gasteiger partial charge in [0.1, 0.15) is 0 Å². The van der Waals surface area contributed by atoms with E-state index in [4.69, 9.17) is 0 Å². The molecular weight excluding hydrogens is 482 g/mol. The summed E-state index contributed by atoms with van der Waals surface area (Å²) in [5, 5.41) is 7.97. The molecule has 30 heavy (non-hydrogen) atoms. The average molecular weight is 504 g/mol. The lowest BCUT2D eigenvalue weighted by molar-refractivity contribution is -0.116. The maximum absolute atomic E-state index is 12.6. The molecule has 2 N–H and O–H groups in total. The van der Waals surface area contributed by atoms with Crippen LogP contribution in [0, 0.1) is 0 Å². The number of anilines is 2. The number of benzene rings is 2. The number of aromatic nitrogens is 1. The van der Waals surface area contributed by atoms with Crippen LogP contribution in [-0.2, 0) is 9.59 Å². The van der Waals surface area contributed by atoms with Crippen molar-refractivity contribution in [3.63, 3.8) is 0 Å². The molecule has 2 amide bonds. The minimum Gasteiger partial charge on any atom is -0.326 e. The van der Waals surface area contributed by atoms with Crippen molar-refractivity contribution in [3.05, 3.63) is 58.4 Å². The van der Waals surface area contributed by atoms with E-state index < -0.39 is 0 Å². The van der Waals surface area contributed by atoms with Gasteiger partial charge >= 0.3 is 0 Å². The normalized spacial score (nSPS) is 11.7. The van der Waals surface area contributed by atoms with Gasteiger partial charge in [-0.1, -0.05) is 41.1 Å². The van der Waals surface area contributed by atoms with Crippen molar-refractivity contribution in [2.45, 2.75) is 36.8 Å². The highest BCUT2D eigenvalue weighted by atomic mass is 79.9. The summed E-state index contributed by atoms with van der Waals surface area (Å²) in [6, 6.07) is 15.4. The minimum absolute atomic E-state index is 0.00390. The lowest BCUT2D eigenvalue weighted by atomic mass is 10.2. The van der Waals surface area contributed by atoms with Crippen molar-refractivity contribution in [2.24, 2.45) is 0 Å². The van der Waals surface area contributed by atoms with Gasteiger partial charge in [-0.15, -0.1) is 23.1 Å². The molecule has 0 radical (unpaired) electrons. The van der Waals surface area contributed by atoms with E-state index in [9.17, 15) is 9.59 Å². The molecule has 1 heterocycles. The molecule has 0 fully saturated rings. The Bertz CT molecular complexity index is 1020. The third-order valence-corrected chi connectivity index (χ3v) is 6.53. The molecule has 1 aromatic heterocycles. The van der Waals surface area contributed by atoms with Gasteiger partial charge in [-0.05, 0) is 43.7 Å². The molecular formula is C22H22BrN3O2S2. The SMILES string of the molecule is CCCC(=O)Nc1cccc(SC(C)C(=O)Nc2nc(-c3ccc(Br)cc3)cs2)c1. The molecule has 0 aliphatic rings. The Kier molecular flexibility index (Phi) is 8.07. The Labute approximate surface area is 192 Å². The van der Waals surface area contributed by atoms with E-state index in [0.717, 1.165) is 32.7 Å². The molecule has 5 nitrogen and oxygen atoms in total. The van der Waals surface area contributed by atoms with Crippen LogP contribution in [0.25, 0.3) is 11.3 Å². The molecule has 0 aliphatic carbocycles. The van der Waals surface area contributed by atoms with Crippen LogP contribution in [0.2, 0.25) is 0 Å². The minimum atomic E-state index is -0.313. The zero-order valence-corrected chi connectivity index (χ0v) is 19.9. The molecule has 0 bridgehead atoms. The number of nitrogens with one attached hydrogen (secondary N) is 2. The van der Waals surface area contributed by atoms with Crippen LogP contribution in [0.4, 0.5) is 10.8 Å². The number of hydrogen-bond acceptors (Lipinski definition) is 5. The zero-order chi connectivity index (χ0) is 21.5. The Morgan fingerprint density at radius 2 is 1.93 bits per heavy atom. The second-order valence-corrected chi connectivity index (χ2v) is 9.81. The first-order chi connectivity index (χ1) is 14.4. The van der Waals surface area contributed by atoms with Crippen molar-refractivity contribution >= 4 is 61.7 Å². The summed E-state index contributed by atoms with van der Waals surface area (Å²) >= 11 is 6.27. The number of halogens is 1. The third-order valence-electron chi connectivity index (χ3n) is 4.15. The first-order valence-corrected chi connectivity index (χ1v) is 12.1. The van der Waals surface area contributed by atoms with Crippen molar-refractivity contribution in [1.82, 2.24) is 4.98 Å². The molecule has 1 atom stereocenters. The van der Waals surface area contributed by atoms with Crippen molar-refractivity contribution in [3.8, 4) is 11.3 Å². The number of thiazole rings is 1. The molecule has 0 saturated carbocycles. The first-order valence-electron chi connectivity index (χ1n) is 9.53. The summed E-state index contributed by atoms with van der Waals surface area (Å²) in [4.78, 5) is 29.8. The summed E-state index contributed by atoms with van der Waals surface area (Å²) in [7, 11) is 0. The quantitative estimate of drug-likeness (QED) is 0.347. The molecule has 2 aromatic carbocycles. The second-order valence-electron chi connectivity index (χ2n) is 6.62. The van der Waals surface area contributed by atoms with Gasteiger partial charge in [-0.25, -0.2) is 4.98 Å². The predicted octanol–water partition coefficient (Wildman–Crippen LogP) is 6.43. The summed E-state index contributed by atoms with van der Waals surface area (Å²) in [6.45, 7) is 3.82. The van der Waals surface area contributed by atoms with Crippen molar-refractivity contribution in [1.29, 1.82) is 0 Å². The highest BCUT2D eigenvalue weighted by Gasteiger charge is 2.17. The van der Waals surface area contributed by atoms with E-state index in [2.05, 4.69) is 31.5 Å². The average Bonchev–Trinajstić information content (AvgIpc) is 3.17. The van der Waals surface area contributed by atoms with Crippen LogP contribution in [0.3, 0.4) is 0 Å². The van der Waals surface area contributed by atoms with Crippen LogP contribution in [0.1, 0.15) is 26.7 Å². The van der Waals surface area contributed by atoms with Crippen molar-refractivity contribution < 1.29 is 9.59 Å². The van der Waals surface area contributed by atoms with Gasteiger partial charge in [0.15, 0.2) is 5.13 Å². The first kappa shape index (κ1) is 22.5. The van der Waals surface area contributed by atoms with Gasteiger partial charge in [-0.3, -0.25) is 9.59 Å². The molecule has 0 saturated heterocycles. The maximum atomic E-state index is 12.6. The topological polar surface area (TPSA) is 71.1 Å². The van der Waals surface area contributed by atoms with Crippen LogP contribution in [0.15, 0.2) is 63.3 Å². The number of nitrogens with zero attached hydrogens (tertiary/aromatic N) is 1. The molecule has 3 rings (SSSR count). The van der Waals surface area contributed by atoms with Gasteiger partial charge in [0.2, 0.25) is 11.8 Å². The number of amides is 2. The third kappa shape index (κ3) is 6.42. The van der Waals surface area contributed by atoms with Crippen LogP contribution < -0.4 is 10.6 Å². The molecule has 0 spiro atoms. The number of carbonyl (C=O) groups excluding carboxylic acids is 2. The molecule has 3 aromatic rings. The Morgan fingerprint density at radius 1 is 1.17 bits per heavy atom. The van der Waals surface area contributed by atoms with E-state index in [1.807, 2.05) is 67.8 Å². The lowest BCUT2D eigenvalue weighted by Crippen LogP contribution is -2.22. The van der Waals surface area contributed by atoms with Gasteiger partial charge in [0, 0.05) is 32.4 Å². The standard InChI is InChI=1S/C22H22BrN3O2S2/c1-3-5-20(27)24-17-6-4-7-18(12-17)30-14(2)21(28)26-22-25-19(13-29-22)15-8-10-16(23)11-9-15/h4,6-14H,3,5H2,1-2H3,(H,24,27)(H,25,26,28). The Hall–Kier alpha value is -2.16. The summed E-state index contributed by atoms with van der Waals surface area (Å²) < 4.78 is 1.01. The highest BCUT2D eigenvalue weighted by molar-refractivity contribution is 9.10. The number of thioether (sulfide) groups is 1. The maximum Gasteiger partial charge on any atom is 0.239 e. The molecule has 8 heteroatoms. The lowest BCUT2D eigenvalue weighted by Gasteiger charge is -2.12.